The molecule has 1 heteroatoms. The normalized spacial score (nSPS) is 40.1. The Kier molecular flexibility index (Phi) is 2.17. The molecule has 64 valence electrons. The van der Waals surface area contributed by atoms with E-state index >= 15 is 0 Å². The molecule has 0 saturated carbocycles. The Balaban J connectivity index is 1.96. The van der Waals surface area contributed by atoms with Crippen molar-refractivity contribution in [3.05, 3.63) is 0 Å². The van der Waals surface area contributed by atoms with Crippen molar-refractivity contribution in [1.29, 1.82) is 0 Å². The lowest BCUT2D eigenvalue weighted by molar-refractivity contribution is 0.258. The van der Waals surface area contributed by atoms with Crippen molar-refractivity contribution in [3.8, 4) is 0 Å². The summed E-state index contributed by atoms with van der Waals surface area (Å²) in [5.74, 6) is 0.970. The van der Waals surface area contributed by atoms with E-state index in [4.69, 9.17) is 0 Å². The van der Waals surface area contributed by atoms with Gasteiger partial charge in [0.2, 0.25) is 0 Å². The third-order valence-electron chi connectivity index (χ3n) is 3.22. The third kappa shape index (κ3) is 1.58. The van der Waals surface area contributed by atoms with Crippen LogP contribution >= 0.6 is 0 Å². The van der Waals surface area contributed by atoms with Crippen molar-refractivity contribution in [3.63, 3.8) is 0 Å². The molecule has 0 bridgehead atoms. The minimum Gasteiger partial charge on any atom is -0.300 e. The maximum atomic E-state index is 2.72. The van der Waals surface area contributed by atoms with Crippen LogP contribution in [0.2, 0.25) is 0 Å². The molecule has 0 radical (unpaired) electrons. The van der Waals surface area contributed by atoms with Gasteiger partial charge in [-0.05, 0) is 31.7 Å². The van der Waals surface area contributed by atoms with Gasteiger partial charge in [-0.25, -0.2) is 0 Å². The number of hydrogen-bond acceptors (Lipinski definition) is 1. The van der Waals surface area contributed by atoms with Crippen LogP contribution in [0, 0.1) is 5.92 Å². The van der Waals surface area contributed by atoms with Crippen LogP contribution in [0.3, 0.4) is 0 Å². The summed E-state index contributed by atoms with van der Waals surface area (Å²) >= 11 is 0. The van der Waals surface area contributed by atoms with Gasteiger partial charge >= 0.3 is 0 Å². The number of rotatable bonds is 0. The maximum Gasteiger partial charge on any atom is 0.00983 e. The zero-order valence-electron chi connectivity index (χ0n) is 7.55. The highest BCUT2D eigenvalue weighted by Gasteiger charge is 2.29. The summed E-state index contributed by atoms with van der Waals surface area (Å²) in [6.45, 7) is 5.16. The van der Waals surface area contributed by atoms with E-state index in [9.17, 15) is 0 Å². The Bertz CT molecular complexity index is 119. The first-order chi connectivity index (χ1) is 5.36. The molecule has 2 rings (SSSR count). The molecule has 0 N–H and O–H groups in total. The molecule has 0 aliphatic carbocycles. The average Bonchev–Trinajstić information content (AvgIpc) is 2.17. The molecule has 2 heterocycles. The molecular formula is C10H19N. The van der Waals surface area contributed by atoms with Crippen LogP contribution in [0.1, 0.15) is 39.0 Å². The van der Waals surface area contributed by atoms with E-state index in [0.29, 0.717) is 0 Å². The first-order valence-electron chi connectivity index (χ1n) is 5.10. The summed E-state index contributed by atoms with van der Waals surface area (Å²) in [4.78, 5) is 2.72. The SMILES string of the molecule is CC1CC2CCCCCN2C1. The summed E-state index contributed by atoms with van der Waals surface area (Å²) in [7, 11) is 0. The van der Waals surface area contributed by atoms with Crippen molar-refractivity contribution in [2.45, 2.75) is 45.1 Å². The van der Waals surface area contributed by atoms with Crippen molar-refractivity contribution in [2.75, 3.05) is 13.1 Å². The molecule has 2 aliphatic heterocycles. The molecule has 2 aliphatic rings. The summed E-state index contributed by atoms with van der Waals surface area (Å²) in [5.41, 5.74) is 0. The van der Waals surface area contributed by atoms with Gasteiger partial charge in [0, 0.05) is 12.6 Å². The predicted molar refractivity (Wildman–Crippen MR) is 47.6 cm³/mol. The van der Waals surface area contributed by atoms with E-state index in [2.05, 4.69) is 11.8 Å². The Hall–Kier alpha value is -0.0400. The first kappa shape index (κ1) is 7.60. The van der Waals surface area contributed by atoms with Crippen LogP contribution < -0.4 is 0 Å². The Morgan fingerprint density at radius 1 is 1.18 bits per heavy atom. The molecule has 1 nitrogen and oxygen atoms in total. The third-order valence-corrected chi connectivity index (χ3v) is 3.22. The van der Waals surface area contributed by atoms with Crippen molar-refractivity contribution >= 4 is 0 Å². The highest BCUT2D eigenvalue weighted by molar-refractivity contribution is 4.84. The summed E-state index contributed by atoms with van der Waals surface area (Å²) < 4.78 is 0. The van der Waals surface area contributed by atoms with Gasteiger partial charge in [0.15, 0.2) is 0 Å². The first-order valence-corrected chi connectivity index (χ1v) is 5.10. The lowest BCUT2D eigenvalue weighted by atomic mass is 10.0. The summed E-state index contributed by atoms with van der Waals surface area (Å²) in [5, 5.41) is 0. The topological polar surface area (TPSA) is 3.24 Å². The van der Waals surface area contributed by atoms with Crippen LogP contribution in [-0.4, -0.2) is 24.0 Å². The van der Waals surface area contributed by atoms with Crippen LogP contribution in [0.5, 0.6) is 0 Å². The molecule has 0 amide bonds. The summed E-state index contributed by atoms with van der Waals surface area (Å²) in [6.07, 6.45) is 7.35. The Labute approximate surface area is 69.8 Å². The fourth-order valence-corrected chi connectivity index (χ4v) is 2.68. The van der Waals surface area contributed by atoms with Gasteiger partial charge in [-0.15, -0.1) is 0 Å². The maximum absolute atomic E-state index is 2.72. The quantitative estimate of drug-likeness (QED) is 0.516. The molecule has 11 heavy (non-hydrogen) atoms. The molecule has 2 atom stereocenters. The number of fused-ring (bicyclic) bond motifs is 1. The molecular weight excluding hydrogens is 134 g/mol. The van der Waals surface area contributed by atoms with Gasteiger partial charge in [-0.2, -0.15) is 0 Å². The minimum atomic E-state index is 0.965. The monoisotopic (exact) mass is 153 g/mol. The van der Waals surface area contributed by atoms with E-state index in [1.807, 2.05) is 0 Å². The zero-order chi connectivity index (χ0) is 7.68. The molecule has 2 unspecified atom stereocenters. The molecule has 2 fully saturated rings. The second-order valence-corrected chi connectivity index (χ2v) is 4.34. The molecule has 0 aromatic carbocycles. The number of nitrogens with zero attached hydrogens (tertiary/aromatic N) is 1. The minimum absolute atomic E-state index is 0.965. The van der Waals surface area contributed by atoms with Crippen LogP contribution in [0.4, 0.5) is 0 Å². The van der Waals surface area contributed by atoms with Crippen LogP contribution in [0.15, 0.2) is 0 Å². The average molecular weight is 153 g/mol. The van der Waals surface area contributed by atoms with Crippen LogP contribution in [0.25, 0.3) is 0 Å². The van der Waals surface area contributed by atoms with Gasteiger partial charge in [0.05, 0.1) is 0 Å². The Morgan fingerprint density at radius 3 is 3.00 bits per heavy atom. The van der Waals surface area contributed by atoms with E-state index in [1.54, 1.807) is 0 Å². The van der Waals surface area contributed by atoms with Gasteiger partial charge in [-0.3, -0.25) is 0 Å². The largest absolute Gasteiger partial charge is 0.300 e. The van der Waals surface area contributed by atoms with E-state index < -0.39 is 0 Å². The second-order valence-electron chi connectivity index (χ2n) is 4.34. The highest BCUT2D eigenvalue weighted by atomic mass is 15.2. The van der Waals surface area contributed by atoms with Gasteiger partial charge in [0.25, 0.3) is 0 Å². The second kappa shape index (κ2) is 3.14. The Morgan fingerprint density at radius 2 is 2.09 bits per heavy atom. The van der Waals surface area contributed by atoms with Crippen LogP contribution in [-0.2, 0) is 0 Å². The standard InChI is InChI=1S/C10H19N/c1-9-7-10-5-3-2-4-6-11(10)8-9/h9-10H,2-8H2,1H3. The summed E-state index contributed by atoms with van der Waals surface area (Å²) in [6, 6.07) is 0.965. The zero-order valence-corrected chi connectivity index (χ0v) is 7.55. The number of hydrogen-bond donors (Lipinski definition) is 0. The molecule has 2 saturated heterocycles. The molecule has 0 aromatic rings. The van der Waals surface area contributed by atoms with E-state index in [0.717, 1.165) is 12.0 Å². The fourth-order valence-electron chi connectivity index (χ4n) is 2.68. The predicted octanol–water partition coefficient (Wildman–Crippen LogP) is 2.27. The van der Waals surface area contributed by atoms with E-state index in [-0.39, 0.29) is 0 Å². The van der Waals surface area contributed by atoms with Gasteiger partial charge in [0.1, 0.15) is 0 Å². The lowest BCUT2D eigenvalue weighted by Gasteiger charge is -2.20. The highest BCUT2D eigenvalue weighted by Crippen LogP contribution is 2.29. The lowest BCUT2D eigenvalue weighted by Crippen LogP contribution is -2.28. The van der Waals surface area contributed by atoms with Crippen molar-refractivity contribution in [1.82, 2.24) is 4.90 Å². The molecule has 0 aromatic heterocycles. The smallest absolute Gasteiger partial charge is 0.00983 e. The van der Waals surface area contributed by atoms with Crippen molar-refractivity contribution in [2.24, 2.45) is 5.92 Å². The van der Waals surface area contributed by atoms with Gasteiger partial charge in [-0.1, -0.05) is 19.8 Å². The molecule has 0 spiro atoms. The van der Waals surface area contributed by atoms with Gasteiger partial charge < -0.3 is 4.90 Å². The van der Waals surface area contributed by atoms with Crippen molar-refractivity contribution < 1.29 is 0 Å². The fraction of sp³-hybridized carbons (Fsp3) is 1.00. The van der Waals surface area contributed by atoms with E-state index in [1.165, 1.54) is 45.2 Å².